The van der Waals surface area contributed by atoms with E-state index in [9.17, 15) is 0 Å². The van der Waals surface area contributed by atoms with Crippen LogP contribution < -0.4 is 0 Å². The Morgan fingerprint density at radius 2 is 2.00 bits per heavy atom. The Morgan fingerprint density at radius 3 is 2.67 bits per heavy atom. The molecule has 0 aromatic carbocycles. The Labute approximate surface area is 68.5 Å². The van der Waals surface area contributed by atoms with Gasteiger partial charge < -0.3 is 0 Å². The monoisotopic (exact) mass is 159 g/mol. The molecular weight excluding hydrogens is 154 g/mol. The van der Waals surface area contributed by atoms with Gasteiger partial charge in [-0.15, -0.1) is 10.2 Å². The van der Waals surface area contributed by atoms with Crippen molar-refractivity contribution in [3.8, 4) is 11.4 Å². The van der Waals surface area contributed by atoms with Crippen molar-refractivity contribution < 1.29 is 0 Å². The Morgan fingerprint density at radius 1 is 1.00 bits per heavy atom. The van der Waals surface area contributed by atoms with Gasteiger partial charge in [0.1, 0.15) is 5.69 Å². The van der Waals surface area contributed by atoms with Crippen molar-refractivity contribution in [2.24, 2.45) is 0 Å². The third kappa shape index (κ3) is 1.24. The van der Waals surface area contributed by atoms with E-state index in [0.29, 0.717) is 5.69 Å². The topological polar surface area (TPSA) is 64.5 Å². The quantitative estimate of drug-likeness (QED) is 0.599. The van der Waals surface area contributed by atoms with Crippen LogP contribution in [0, 0.1) is 0 Å². The summed E-state index contributed by atoms with van der Waals surface area (Å²) in [7, 11) is 0. The van der Waals surface area contributed by atoms with Crippen LogP contribution in [0.3, 0.4) is 0 Å². The predicted octanol–water partition coefficient (Wildman–Crippen LogP) is 0.329. The van der Waals surface area contributed by atoms with Gasteiger partial charge >= 0.3 is 0 Å². The van der Waals surface area contributed by atoms with Crippen LogP contribution >= 0.6 is 0 Å². The van der Waals surface area contributed by atoms with Crippen LogP contribution in [0.15, 0.2) is 30.6 Å². The van der Waals surface area contributed by atoms with Crippen LogP contribution in [0.25, 0.3) is 11.4 Å². The van der Waals surface area contributed by atoms with Gasteiger partial charge in [-0.2, -0.15) is 0 Å². The molecule has 2 aromatic heterocycles. The van der Waals surface area contributed by atoms with Gasteiger partial charge in [0.15, 0.2) is 0 Å². The van der Waals surface area contributed by atoms with Gasteiger partial charge in [0.05, 0.1) is 11.9 Å². The minimum atomic E-state index is 0.630. The molecule has 0 aliphatic heterocycles. The maximum absolute atomic E-state index is 4.08. The van der Waals surface area contributed by atoms with Gasteiger partial charge in [0.25, 0.3) is 0 Å². The smallest absolute Gasteiger partial charge is 0.133 e. The van der Waals surface area contributed by atoms with Gasteiger partial charge in [-0.3, -0.25) is 4.98 Å². The molecule has 0 spiro atoms. The zero-order chi connectivity index (χ0) is 8.23. The normalized spacial score (nSPS) is 9.67. The third-order valence-electron chi connectivity index (χ3n) is 1.35. The van der Waals surface area contributed by atoms with Crippen molar-refractivity contribution in [2.75, 3.05) is 0 Å². The van der Waals surface area contributed by atoms with E-state index in [1.807, 2.05) is 18.2 Å². The fourth-order valence-corrected chi connectivity index (χ4v) is 0.829. The lowest BCUT2D eigenvalue weighted by molar-refractivity contribution is 0.765. The van der Waals surface area contributed by atoms with Crippen LogP contribution in [0.1, 0.15) is 0 Å². The Balaban J connectivity index is 2.46. The van der Waals surface area contributed by atoms with Gasteiger partial charge in [-0.1, -0.05) is 6.07 Å². The Hall–Kier alpha value is -1.91. The molecule has 2 aromatic rings. The Kier molecular flexibility index (Phi) is 1.69. The lowest BCUT2D eigenvalue weighted by Crippen LogP contribution is -1.93. The zero-order valence-corrected chi connectivity index (χ0v) is 6.12. The van der Waals surface area contributed by atoms with E-state index in [1.165, 1.54) is 6.20 Å². The predicted molar refractivity (Wildman–Crippen MR) is 40.9 cm³/mol. The SMILES string of the molecule is c1ccc(-c2cnnnn2)nc1. The molecule has 12 heavy (non-hydrogen) atoms. The van der Waals surface area contributed by atoms with Crippen molar-refractivity contribution >= 4 is 0 Å². The highest BCUT2D eigenvalue weighted by molar-refractivity contribution is 5.50. The molecule has 0 atom stereocenters. The summed E-state index contributed by atoms with van der Waals surface area (Å²) in [5, 5.41) is 14.1. The second-order valence-corrected chi connectivity index (χ2v) is 2.12. The Bertz CT molecular complexity index is 309. The molecule has 0 radical (unpaired) electrons. The first-order valence-electron chi connectivity index (χ1n) is 3.39. The first-order chi connectivity index (χ1) is 5.97. The van der Waals surface area contributed by atoms with Gasteiger partial charge in [0.2, 0.25) is 0 Å². The molecular formula is C7H5N5. The van der Waals surface area contributed by atoms with Crippen molar-refractivity contribution in [2.45, 2.75) is 0 Å². The average Bonchev–Trinajstić information content (AvgIpc) is 2.21. The first kappa shape index (κ1) is 6.78. The summed E-state index contributed by atoms with van der Waals surface area (Å²) < 4.78 is 0. The molecule has 0 fully saturated rings. The van der Waals surface area contributed by atoms with Crippen LogP contribution in [0.4, 0.5) is 0 Å². The standard InChI is InChI=1S/C7H5N5/c1-2-4-8-6(3-1)7-5-9-11-12-10-7/h1-5H. The van der Waals surface area contributed by atoms with Crippen LogP contribution in [-0.4, -0.2) is 25.6 Å². The number of rotatable bonds is 1. The third-order valence-corrected chi connectivity index (χ3v) is 1.35. The summed E-state index contributed by atoms with van der Waals surface area (Å²) in [4.78, 5) is 4.08. The number of nitrogens with zero attached hydrogens (tertiary/aromatic N) is 5. The summed E-state index contributed by atoms with van der Waals surface area (Å²) in [6.45, 7) is 0. The molecule has 0 saturated carbocycles. The fraction of sp³-hybridized carbons (Fsp3) is 0. The van der Waals surface area contributed by atoms with Gasteiger partial charge in [0, 0.05) is 6.20 Å². The molecule has 2 rings (SSSR count). The largest absolute Gasteiger partial charge is 0.254 e. The minimum Gasteiger partial charge on any atom is -0.254 e. The van der Waals surface area contributed by atoms with E-state index >= 15 is 0 Å². The molecule has 0 bridgehead atoms. The molecule has 5 nitrogen and oxygen atoms in total. The molecule has 0 amide bonds. The highest BCUT2D eigenvalue weighted by Gasteiger charge is 1.98. The molecule has 0 aliphatic carbocycles. The molecule has 0 aliphatic rings. The van der Waals surface area contributed by atoms with Crippen LogP contribution in [0.2, 0.25) is 0 Å². The van der Waals surface area contributed by atoms with Gasteiger partial charge in [-0.25, -0.2) is 0 Å². The van der Waals surface area contributed by atoms with Crippen molar-refractivity contribution in [3.63, 3.8) is 0 Å². The van der Waals surface area contributed by atoms with E-state index in [4.69, 9.17) is 0 Å². The maximum Gasteiger partial charge on any atom is 0.133 e. The summed E-state index contributed by atoms with van der Waals surface area (Å²) in [6.07, 6.45) is 3.22. The van der Waals surface area contributed by atoms with Crippen LogP contribution in [0.5, 0.6) is 0 Å². The summed E-state index contributed by atoms with van der Waals surface area (Å²) in [5.74, 6) is 0. The molecule has 58 valence electrons. The molecule has 5 heteroatoms. The fourth-order valence-electron chi connectivity index (χ4n) is 0.829. The molecule has 0 N–H and O–H groups in total. The van der Waals surface area contributed by atoms with Crippen molar-refractivity contribution in [1.82, 2.24) is 25.6 Å². The average molecular weight is 159 g/mol. The summed E-state index contributed by atoms with van der Waals surface area (Å²) in [6, 6.07) is 5.56. The van der Waals surface area contributed by atoms with E-state index in [1.54, 1.807) is 6.20 Å². The number of aromatic nitrogens is 5. The molecule has 2 heterocycles. The van der Waals surface area contributed by atoms with Crippen molar-refractivity contribution in [3.05, 3.63) is 30.6 Å². The van der Waals surface area contributed by atoms with E-state index in [0.717, 1.165) is 5.69 Å². The first-order valence-corrected chi connectivity index (χ1v) is 3.39. The number of hydrogen-bond acceptors (Lipinski definition) is 5. The van der Waals surface area contributed by atoms with E-state index < -0.39 is 0 Å². The summed E-state index contributed by atoms with van der Waals surface area (Å²) in [5.41, 5.74) is 1.38. The minimum absolute atomic E-state index is 0.630. The molecule has 0 unspecified atom stereocenters. The van der Waals surface area contributed by atoms with E-state index in [2.05, 4.69) is 25.6 Å². The lowest BCUT2D eigenvalue weighted by atomic mass is 10.3. The maximum atomic E-state index is 4.08. The zero-order valence-electron chi connectivity index (χ0n) is 6.12. The lowest BCUT2D eigenvalue weighted by Gasteiger charge is -1.93. The second-order valence-electron chi connectivity index (χ2n) is 2.12. The second kappa shape index (κ2) is 3.00. The highest BCUT2D eigenvalue weighted by Crippen LogP contribution is 2.08. The van der Waals surface area contributed by atoms with Gasteiger partial charge in [-0.05, 0) is 22.6 Å². The van der Waals surface area contributed by atoms with Crippen molar-refractivity contribution in [1.29, 1.82) is 0 Å². The number of hydrogen-bond donors (Lipinski definition) is 0. The molecule has 0 saturated heterocycles. The number of pyridine rings is 1. The highest BCUT2D eigenvalue weighted by atomic mass is 15.4. The van der Waals surface area contributed by atoms with E-state index in [-0.39, 0.29) is 0 Å². The summed E-state index contributed by atoms with van der Waals surface area (Å²) >= 11 is 0. The van der Waals surface area contributed by atoms with Crippen LogP contribution in [-0.2, 0) is 0 Å².